The number of benzene rings is 1. The van der Waals surface area contributed by atoms with E-state index in [0.29, 0.717) is 17.9 Å². The van der Waals surface area contributed by atoms with Gasteiger partial charge in [-0.15, -0.1) is 0 Å². The van der Waals surface area contributed by atoms with Gasteiger partial charge in [-0.25, -0.2) is 8.78 Å². The van der Waals surface area contributed by atoms with Gasteiger partial charge in [0, 0.05) is 0 Å². The van der Waals surface area contributed by atoms with Crippen LogP contribution < -0.4 is 0 Å². The monoisotopic (exact) mass is 442 g/mol. The summed E-state index contributed by atoms with van der Waals surface area (Å²) in [6.07, 6.45) is 13.2. The second-order valence-electron chi connectivity index (χ2n) is 9.64. The molecule has 0 bridgehead atoms. The van der Waals surface area contributed by atoms with E-state index in [1.54, 1.807) is 0 Å². The number of aryl methyl sites for hydroxylation is 1. The van der Waals surface area contributed by atoms with Crippen molar-refractivity contribution in [1.82, 2.24) is 0 Å². The summed E-state index contributed by atoms with van der Waals surface area (Å²) in [5, 5.41) is 0. The minimum absolute atomic E-state index is 0.319. The fourth-order valence-electron chi connectivity index (χ4n) is 5.62. The molecule has 31 heavy (non-hydrogen) atoms. The standard InChI is InChI=1S/C26H35F5/c1-2-3-4-5-18-8-12-21(13-9-18)22-14-10-19(11-15-22)6-7-20-16-23(27)25(24(28)17-20)26(29,30)31/h4-5,16-19,21-22H,2-3,6-15H2,1H3/b5-4+. The summed E-state index contributed by atoms with van der Waals surface area (Å²) in [6.45, 7) is 2.21. The molecule has 0 radical (unpaired) electrons. The second-order valence-corrected chi connectivity index (χ2v) is 9.64. The molecular formula is C26H35F5. The summed E-state index contributed by atoms with van der Waals surface area (Å²) in [6, 6.07) is 1.70. The van der Waals surface area contributed by atoms with E-state index in [4.69, 9.17) is 0 Å². The SMILES string of the molecule is CCC/C=C/C1CCC(C2CCC(CCc3cc(F)c(C(F)(F)F)c(F)c3)CC2)CC1. The lowest BCUT2D eigenvalue weighted by atomic mass is 9.68. The molecular weight excluding hydrogens is 407 g/mol. The van der Waals surface area contributed by atoms with Crippen molar-refractivity contribution in [2.45, 2.75) is 90.1 Å². The van der Waals surface area contributed by atoms with Gasteiger partial charge in [0.05, 0.1) is 0 Å². The van der Waals surface area contributed by atoms with Crippen molar-refractivity contribution >= 4 is 0 Å². The topological polar surface area (TPSA) is 0 Å². The molecule has 0 atom stereocenters. The maximum absolute atomic E-state index is 13.8. The zero-order chi connectivity index (χ0) is 22.4. The van der Waals surface area contributed by atoms with Gasteiger partial charge in [-0.1, -0.05) is 38.3 Å². The molecule has 2 fully saturated rings. The van der Waals surface area contributed by atoms with Crippen molar-refractivity contribution in [3.8, 4) is 0 Å². The fraction of sp³-hybridized carbons (Fsp3) is 0.692. The molecule has 0 unspecified atom stereocenters. The van der Waals surface area contributed by atoms with Crippen LogP contribution in [0, 0.1) is 35.3 Å². The highest BCUT2D eigenvalue weighted by molar-refractivity contribution is 5.28. The van der Waals surface area contributed by atoms with E-state index in [0.717, 1.165) is 49.1 Å². The summed E-state index contributed by atoms with van der Waals surface area (Å²) < 4.78 is 65.7. The molecule has 0 spiro atoms. The van der Waals surface area contributed by atoms with Crippen LogP contribution in [0.15, 0.2) is 24.3 Å². The normalized spacial score (nSPS) is 27.7. The Hall–Kier alpha value is -1.39. The van der Waals surface area contributed by atoms with Gasteiger partial charge in [-0.3, -0.25) is 0 Å². The fourth-order valence-corrected chi connectivity index (χ4v) is 5.62. The molecule has 0 aliphatic heterocycles. The number of hydrogen-bond acceptors (Lipinski definition) is 0. The van der Waals surface area contributed by atoms with Gasteiger partial charge in [-0.05, 0) is 99.2 Å². The molecule has 3 rings (SSSR count). The third-order valence-electron chi connectivity index (χ3n) is 7.46. The van der Waals surface area contributed by atoms with Crippen LogP contribution in [0.3, 0.4) is 0 Å². The molecule has 174 valence electrons. The van der Waals surface area contributed by atoms with Gasteiger partial charge in [0.1, 0.15) is 17.2 Å². The summed E-state index contributed by atoms with van der Waals surface area (Å²) >= 11 is 0. The molecule has 2 saturated carbocycles. The molecule has 0 nitrogen and oxygen atoms in total. The second kappa shape index (κ2) is 11.0. The predicted octanol–water partition coefficient (Wildman–Crippen LogP) is 8.89. The average Bonchev–Trinajstić information content (AvgIpc) is 2.72. The first kappa shape index (κ1) is 24.3. The van der Waals surface area contributed by atoms with Crippen LogP contribution in [0.4, 0.5) is 22.0 Å². The van der Waals surface area contributed by atoms with Crippen molar-refractivity contribution in [3.63, 3.8) is 0 Å². The van der Waals surface area contributed by atoms with Crippen LogP contribution in [-0.4, -0.2) is 0 Å². The number of hydrogen-bond donors (Lipinski definition) is 0. The minimum Gasteiger partial charge on any atom is -0.206 e. The molecule has 2 aliphatic rings. The third kappa shape index (κ3) is 6.79. The lowest BCUT2D eigenvalue weighted by Gasteiger charge is -2.37. The molecule has 0 saturated heterocycles. The van der Waals surface area contributed by atoms with Gasteiger partial charge in [0.25, 0.3) is 0 Å². The molecule has 0 heterocycles. The van der Waals surface area contributed by atoms with Gasteiger partial charge < -0.3 is 0 Å². The predicted molar refractivity (Wildman–Crippen MR) is 115 cm³/mol. The molecule has 0 aromatic heterocycles. The Kier molecular flexibility index (Phi) is 8.58. The first-order valence-electron chi connectivity index (χ1n) is 12.0. The summed E-state index contributed by atoms with van der Waals surface area (Å²) in [5.74, 6) is -0.146. The van der Waals surface area contributed by atoms with E-state index in [1.165, 1.54) is 51.4 Å². The summed E-state index contributed by atoms with van der Waals surface area (Å²) in [4.78, 5) is 0. The Labute approximate surface area is 183 Å². The highest BCUT2D eigenvalue weighted by Gasteiger charge is 2.38. The van der Waals surface area contributed by atoms with E-state index < -0.39 is 23.4 Å². The summed E-state index contributed by atoms with van der Waals surface area (Å²) in [5.41, 5.74) is -1.47. The maximum atomic E-state index is 13.8. The maximum Gasteiger partial charge on any atom is 0.422 e. The van der Waals surface area contributed by atoms with Crippen LogP contribution in [0.2, 0.25) is 0 Å². The summed E-state index contributed by atoms with van der Waals surface area (Å²) in [7, 11) is 0. The lowest BCUT2D eigenvalue weighted by molar-refractivity contribution is -0.142. The molecule has 0 N–H and O–H groups in total. The highest BCUT2D eigenvalue weighted by atomic mass is 19.4. The zero-order valence-corrected chi connectivity index (χ0v) is 18.5. The highest BCUT2D eigenvalue weighted by Crippen LogP contribution is 2.42. The zero-order valence-electron chi connectivity index (χ0n) is 18.5. The van der Waals surface area contributed by atoms with Crippen LogP contribution >= 0.6 is 0 Å². The molecule has 1 aromatic rings. The number of allylic oxidation sites excluding steroid dienone is 2. The van der Waals surface area contributed by atoms with E-state index in [9.17, 15) is 22.0 Å². The smallest absolute Gasteiger partial charge is 0.206 e. The van der Waals surface area contributed by atoms with Crippen molar-refractivity contribution in [2.75, 3.05) is 0 Å². The molecule has 5 heteroatoms. The average molecular weight is 443 g/mol. The number of halogens is 5. The first-order valence-corrected chi connectivity index (χ1v) is 12.0. The molecule has 2 aliphatic carbocycles. The van der Waals surface area contributed by atoms with E-state index >= 15 is 0 Å². The number of rotatable bonds is 7. The third-order valence-corrected chi connectivity index (χ3v) is 7.46. The quantitative estimate of drug-likeness (QED) is 0.292. The van der Waals surface area contributed by atoms with Crippen LogP contribution in [0.1, 0.15) is 88.7 Å². The van der Waals surface area contributed by atoms with Gasteiger partial charge in [-0.2, -0.15) is 13.2 Å². The Morgan fingerprint density at radius 1 is 0.871 bits per heavy atom. The van der Waals surface area contributed by atoms with Crippen molar-refractivity contribution in [1.29, 1.82) is 0 Å². The van der Waals surface area contributed by atoms with Crippen LogP contribution in [-0.2, 0) is 12.6 Å². The molecule has 0 amide bonds. The number of alkyl halides is 3. The molecule has 1 aromatic carbocycles. The van der Waals surface area contributed by atoms with E-state index in [2.05, 4.69) is 19.1 Å². The van der Waals surface area contributed by atoms with Crippen molar-refractivity contribution in [3.05, 3.63) is 47.0 Å². The lowest BCUT2D eigenvalue weighted by Crippen LogP contribution is -2.25. The van der Waals surface area contributed by atoms with E-state index in [-0.39, 0.29) is 0 Å². The van der Waals surface area contributed by atoms with Crippen molar-refractivity contribution in [2.24, 2.45) is 23.7 Å². The van der Waals surface area contributed by atoms with Crippen molar-refractivity contribution < 1.29 is 22.0 Å². The Bertz CT molecular complexity index is 697. The first-order chi connectivity index (χ1) is 14.8. The Morgan fingerprint density at radius 2 is 1.42 bits per heavy atom. The minimum atomic E-state index is -5.00. The van der Waals surface area contributed by atoms with Gasteiger partial charge in [0.2, 0.25) is 0 Å². The van der Waals surface area contributed by atoms with Gasteiger partial charge >= 0.3 is 6.18 Å². The Balaban J connectivity index is 1.42. The van der Waals surface area contributed by atoms with E-state index in [1.807, 2.05) is 0 Å². The Morgan fingerprint density at radius 3 is 1.94 bits per heavy atom. The van der Waals surface area contributed by atoms with Crippen LogP contribution in [0.5, 0.6) is 0 Å². The van der Waals surface area contributed by atoms with Gasteiger partial charge in [0.15, 0.2) is 0 Å². The number of unbranched alkanes of at least 4 members (excludes halogenated alkanes) is 1. The largest absolute Gasteiger partial charge is 0.422 e. The van der Waals surface area contributed by atoms with Crippen LogP contribution in [0.25, 0.3) is 0 Å².